The van der Waals surface area contributed by atoms with E-state index in [2.05, 4.69) is 0 Å². The van der Waals surface area contributed by atoms with Crippen LogP contribution in [0.3, 0.4) is 0 Å². The standard InChI is InChI=1S/C15H19NO5/c17-15(19-10-7-16-5-8-18-9-6-16)14-11-20-12-3-1-2-4-13(12)21-14/h1-4,14H,5-11H2/p+1/t14-/m1/s1. The molecule has 0 spiro atoms. The van der Waals surface area contributed by atoms with Gasteiger partial charge in [0.25, 0.3) is 0 Å². The van der Waals surface area contributed by atoms with Gasteiger partial charge in [-0.3, -0.25) is 0 Å². The molecule has 0 amide bonds. The summed E-state index contributed by atoms with van der Waals surface area (Å²) in [6, 6.07) is 7.31. The zero-order valence-corrected chi connectivity index (χ0v) is 11.9. The van der Waals surface area contributed by atoms with E-state index in [-0.39, 0.29) is 12.6 Å². The van der Waals surface area contributed by atoms with Crippen molar-refractivity contribution in [3.63, 3.8) is 0 Å². The van der Waals surface area contributed by atoms with E-state index in [0.717, 1.165) is 32.8 Å². The number of rotatable bonds is 4. The number of morpholine rings is 1. The molecule has 114 valence electrons. The molecule has 1 saturated heterocycles. The Kier molecular flexibility index (Phi) is 4.57. The van der Waals surface area contributed by atoms with Crippen LogP contribution in [0.4, 0.5) is 0 Å². The summed E-state index contributed by atoms with van der Waals surface area (Å²) in [5.74, 6) is 0.890. The van der Waals surface area contributed by atoms with Gasteiger partial charge in [-0.25, -0.2) is 4.79 Å². The molecule has 1 aromatic rings. The first-order chi connectivity index (χ1) is 10.3. The monoisotopic (exact) mass is 294 g/mol. The third-order valence-corrected chi connectivity index (χ3v) is 3.67. The lowest BCUT2D eigenvalue weighted by molar-refractivity contribution is -0.908. The van der Waals surface area contributed by atoms with Crippen molar-refractivity contribution in [2.45, 2.75) is 6.10 Å². The number of benzene rings is 1. The zero-order chi connectivity index (χ0) is 14.5. The molecular weight excluding hydrogens is 274 g/mol. The fourth-order valence-electron chi connectivity index (χ4n) is 2.43. The average molecular weight is 294 g/mol. The number of nitrogens with one attached hydrogen (secondary N) is 1. The smallest absolute Gasteiger partial charge is 0.351 e. The van der Waals surface area contributed by atoms with E-state index >= 15 is 0 Å². The van der Waals surface area contributed by atoms with Gasteiger partial charge in [0.2, 0.25) is 6.10 Å². The fourth-order valence-corrected chi connectivity index (χ4v) is 2.43. The van der Waals surface area contributed by atoms with Gasteiger partial charge in [-0.15, -0.1) is 0 Å². The molecule has 2 heterocycles. The van der Waals surface area contributed by atoms with Crippen molar-refractivity contribution in [2.75, 3.05) is 46.1 Å². The Morgan fingerprint density at radius 2 is 2.00 bits per heavy atom. The summed E-state index contributed by atoms with van der Waals surface area (Å²) in [6.07, 6.45) is -0.681. The number of fused-ring (bicyclic) bond motifs is 1. The molecule has 1 aromatic carbocycles. The van der Waals surface area contributed by atoms with Crippen LogP contribution in [-0.4, -0.2) is 58.1 Å². The number of para-hydroxylation sites is 2. The van der Waals surface area contributed by atoms with E-state index in [4.69, 9.17) is 18.9 Å². The third-order valence-electron chi connectivity index (χ3n) is 3.67. The highest BCUT2D eigenvalue weighted by molar-refractivity contribution is 5.75. The summed E-state index contributed by atoms with van der Waals surface area (Å²) in [4.78, 5) is 13.4. The second-order valence-corrected chi connectivity index (χ2v) is 5.14. The Morgan fingerprint density at radius 1 is 1.24 bits per heavy atom. The minimum absolute atomic E-state index is 0.195. The van der Waals surface area contributed by atoms with Gasteiger partial charge >= 0.3 is 5.97 Å². The second kappa shape index (κ2) is 6.78. The lowest BCUT2D eigenvalue weighted by Crippen LogP contribution is -3.14. The van der Waals surface area contributed by atoms with Gasteiger partial charge in [0.1, 0.15) is 32.8 Å². The molecule has 0 saturated carbocycles. The molecule has 6 heteroatoms. The first-order valence-corrected chi connectivity index (χ1v) is 7.29. The number of hydrogen-bond donors (Lipinski definition) is 1. The highest BCUT2D eigenvalue weighted by Gasteiger charge is 2.28. The number of carbonyl (C=O) groups excluding carboxylic acids is 1. The van der Waals surface area contributed by atoms with Gasteiger partial charge in [-0.05, 0) is 12.1 Å². The normalized spacial score (nSPS) is 21.8. The highest BCUT2D eigenvalue weighted by atomic mass is 16.6. The predicted octanol–water partition coefficient (Wildman–Crippen LogP) is -0.715. The van der Waals surface area contributed by atoms with Gasteiger partial charge in [-0.1, -0.05) is 12.1 Å². The largest absolute Gasteiger partial charge is 0.485 e. The average Bonchev–Trinajstić information content (AvgIpc) is 2.55. The Morgan fingerprint density at radius 3 is 2.81 bits per heavy atom. The van der Waals surface area contributed by atoms with Crippen LogP contribution in [0.2, 0.25) is 0 Å². The van der Waals surface area contributed by atoms with Gasteiger partial charge < -0.3 is 23.8 Å². The summed E-state index contributed by atoms with van der Waals surface area (Å²) >= 11 is 0. The first-order valence-electron chi connectivity index (χ1n) is 7.29. The van der Waals surface area contributed by atoms with Crippen molar-refractivity contribution in [3.8, 4) is 11.5 Å². The Balaban J connectivity index is 1.44. The summed E-state index contributed by atoms with van der Waals surface area (Å²) in [5, 5.41) is 0. The van der Waals surface area contributed by atoms with Crippen molar-refractivity contribution in [3.05, 3.63) is 24.3 Å². The molecule has 6 nitrogen and oxygen atoms in total. The maximum absolute atomic E-state index is 12.0. The van der Waals surface area contributed by atoms with Crippen LogP contribution in [0, 0.1) is 0 Å². The molecule has 0 radical (unpaired) electrons. The molecule has 2 aliphatic heterocycles. The summed E-state index contributed by atoms with van der Waals surface area (Å²) in [7, 11) is 0. The molecule has 1 atom stereocenters. The third kappa shape index (κ3) is 3.65. The van der Waals surface area contributed by atoms with E-state index in [0.29, 0.717) is 18.1 Å². The van der Waals surface area contributed by atoms with Crippen LogP contribution in [0.5, 0.6) is 11.5 Å². The SMILES string of the molecule is O=C(OCC[NH+]1CCOCC1)[C@H]1COc2ccccc2O1. The highest BCUT2D eigenvalue weighted by Crippen LogP contribution is 2.30. The predicted molar refractivity (Wildman–Crippen MR) is 73.7 cm³/mol. The Hall–Kier alpha value is -1.79. The Bertz CT molecular complexity index is 487. The van der Waals surface area contributed by atoms with E-state index in [9.17, 15) is 4.79 Å². The van der Waals surface area contributed by atoms with Crippen LogP contribution in [-0.2, 0) is 14.3 Å². The van der Waals surface area contributed by atoms with Gasteiger partial charge in [0, 0.05) is 0 Å². The van der Waals surface area contributed by atoms with Gasteiger partial charge in [0.15, 0.2) is 11.5 Å². The summed E-state index contributed by atoms with van der Waals surface area (Å²) < 4.78 is 21.7. The van der Waals surface area contributed by atoms with Crippen LogP contribution >= 0.6 is 0 Å². The van der Waals surface area contributed by atoms with E-state index in [1.54, 1.807) is 6.07 Å². The number of carbonyl (C=O) groups is 1. The van der Waals surface area contributed by atoms with Gasteiger partial charge in [-0.2, -0.15) is 0 Å². The molecule has 0 unspecified atom stereocenters. The molecule has 2 aliphatic rings. The van der Waals surface area contributed by atoms with Crippen molar-refractivity contribution in [1.82, 2.24) is 0 Å². The minimum atomic E-state index is -0.681. The van der Waals surface area contributed by atoms with E-state index in [1.165, 1.54) is 4.90 Å². The van der Waals surface area contributed by atoms with Crippen molar-refractivity contribution < 1.29 is 28.6 Å². The topological polar surface area (TPSA) is 58.4 Å². The number of esters is 1. The van der Waals surface area contributed by atoms with Crippen LogP contribution < -0.4 is 14.4 Å². The minimum Gasteiger partial charge on any atom is -0.485 e. The van der Waals surface area contributed by atoms with Crippen LogP contribution in [0.1, 0.15) is 0 Å². The van der Waals surface area contributed by atoms with Crippen LogP contribution in [0.15, 0.2) is 24.3 Å². The van der Waals surface area contributed by atoms with Crippen LogP contribution in [0.25, 0.3) is 0 Å². The molecular formula is C15H20NO5+. The van der Waals surface area contributed by atoms with Crippen molar-refractivity contribution in [2.24, 2.45) is 0 Å². The molecule has 3 rings (SSSR count). The van der Waals surface area contributed by atoms with Gasteiger partial charge in [0.05, 0.1) is 13.2 Å². The molecule has 21 heavy (non-hydrogen) atoms. The number of quaternary nitrogens is 1. The van der Waals surface area contributed by atoms with E-state index < -0.39 is 6.10 Å². The number of ether oxygens (including phenoxy) is 4. The fraction of sp³-hybridized carbons (Fsp3) is 0.533. The second-order valence-electron chi connectivity index (χ2n) is 5.14. The van der Waals surface area contributed by atoms with E-state index in [1.807, 2.05) is 18.2 Å². The zero-order valence-electron chi connectivity index (χ0n) is 11.9. The molecule has 0 aromatic heterocycles. The number of hydrogen-bond acceptors (Lipinski definition) is 5. The maximum atomic E-state index is 12.0. The molecule has 1 N–H and O–H groups in total. The molecule has 1 fully saturated rings. The summed E-state index contributed by atoms with van der Waals surface area (Å²) in [5.41, 5.74) is 0. The molecule has 0 aliphatic carbocycles. The van der Waals surface area contributed by atoms with Crippen molar-refractivity contribution >= 4 is 5.97 Å². The lowest BCUT2D eigenvalue weighted by Gasteiger charge is -2.26. The van der Waals surface area contributed by atoms with Crippen molar-refractivity contribution in [1.29, 1.82) is 0 Å². The Labute approximate surface area is 123 Å². The maximum Gasteiger partial charge on any atom is 0.351 e. The quantitative estimate of drug-likeness (QED) is 0.743. The lowest BCUT2D eigenvalue weighted by atomic mass is 10.2. The summed E-state index contributed by atoms with van der Waals surface area (Å²) in [6.45, 7) is 4.89. The molecule has 0 bridgehead atoms. The first kappa shape index (κ1) is 14.2.